The first-order valence-electron chi connectivity index (χ1n) is 3.14. The van der Waals surface area contributed by atoms with Gasteiger partial charge in [-0.3, -0.25) is 4.79 Å². The van der Waals surface area contributed by atoms with Gasteiger partial charge in [0.1, 0.15) is 10.1 Å². The third kappa shape index (κ3) is 2.13. The Bertz CT molecular complexity index is 319. The maximum atomic E-state index is 10.8. The third-order valence-corrected chi connectivity index (χ3v) is 3.59. The lowest BCUT2D eigenvalue weighted by Gasteiger charge is -1.94. The molecule has 5 heteroatoms. The molecule has 0 saturated carbocycles. The summed E-state index contributed by atoms with van der Waals surface area (Å²) in [5, 5.41) is 0.405. The van der Waals surface area contributed by atoms with Gasteiger partial charge in [0.2, 0.25) is 0 Å². The van der Waals surface area contributed by atoms with Crippen molar-refractivity contribution in [2.45, 2.75) is 13.3 Å². The van der Waals surface area contributed by atoms with E-state index in [2.05, 4.69) is 0 Å². The van der Waals surface area contributed by atoms with Crippen LogP contribution < -0.4 is 0 Å². The van der Waals surface area contributed by atoms with Gasteiger partial charge in [-0.15, -0.1) is 11.3 Å². The van der Waals surface area contributed by atoms with Crippen molar-refractivity contribution in [3.05, 3.63) is 19.3 Å². The molecule has 12 heavy (non-hydrogen) atoms. The summed E-state index contributed by atoms with van der Waals surface area (Å²) in [5.74, 6) is 0.0215. The summed E-state index contributed by atoms with van der Waals surface area (Å²) in [6.45, 7) is 1.48. The maximum absolute atomic E-state index is 10.8. The van der Waals surface area contributed by atoms with Gasteiger partial charge < -0.3 is 0 Å². The lowest BCUT2D eigenvalue weighted by molar-refractivity contribution is -0.116. The number of Topliss-reactive ketones (excluding diaryl/α,β-unsaturated/α-hetero) is 1. The molecule has 1 heterocycles. The number of rotatable bonds is 2. The van der Waals surface area contributed by atoms with Crippen LogP contribution in [0.15, 0.2) is 0 Å². The minimum absolute atomic E-state index is 0.0215. The van der Waals surface area contributed by atoms with Gasteiger partial charge in [0.25, 0.3) is 0 Å². The van der Waals surface area contributed by atoms with Crippen LogP contribution in [0.4, 0.5) is 0 Å². The summed E-state index contributed by atoms with van der Waals surface area (Å²) in [7, 11) is 0. The summed E-state index contributed by atoms with van der Waals surface area (Å²) < 4.78 is 0.943. The Morgan fingerprint density at radius 2 is 1.92 bits per heavy atom. The summed E-state index contributed by atoms with van der Waals surface area (Å²) in [6, 6.07) is 0. The van der Waals surface area contributed by atoms with E-state index in [1.165, 1.54) is 18.3 Å². The summed E-state index contributed by atoms with van der Waals surface area (Å²) in [5.41, 5.74) is 0.640. The third-order valence-electron chi connectivity index (χ3n) is 1.28. The summed E-state index contributed by atoms with van der Waals surface area (Å²) in [6.07, 6.45) is 0.251. The molecule has 1 aromatic rings. The average Bonchev–Trinajstić information content (AvgIpc) is 2.16. The first-order chi connectivity index (χ1) is 5.52. The highest BCUT2D eigenvalue weighted by Crippen LogP contribution is 2.40. The zero-order valence-electron chi connectivity index (χ0n) is 6.16. The van der Waals surface area contributed by atoms with Crippen molar-refractivity contribution in [2.24, 2.45) is 0 Å². The quantitative estimate of drug-likeness (QED) is 0.771. The molecule has 0 unspecified atom stereocenters. The van der Waals surface area contributed by atoms with E-state index in [4.69, 9.17) is 34.8 Å². The van der Waals surface area contributed by atoms with Crippen LogP contribution in [0.25, 0.3) is 0 Å². The van der Waals surface area contributed by atoms with E-state index in [0.717, 1.165) is 0 Å². The molecule has 0 amide bonds. The van der Waals surface area contributed by atoms with E-state index in [-0.39, 0.29) is 12.2 Å². The van der Waals surface area contributed by atoms with Crippen molar-refractivity contribution in [3.63, 3.8) is 0 Å². The van der Waals surface area contributed by atoms with E-state index < -0.39 is 0 Å². The molecule has 0 aliphatic carbocycles. The molecular formula is C7H5Cl3OS. The predicted octanol–water partition coefficient (Wildman–Crippen LogP) is 3.84. The van der Waals surface area contributed by atoms with Crippen molar-refractivity contribution in [2.75, 3.05) is 0 Å². The largest absolute Gasteiger partial charge is 0.300 e. The maximum Gasteiger partial charge on any atom is 0.134 e. The fourth-order valence-electron chi connectivity index (χ4n) is 0.786. The molecule has 0 fully saturated rings. The zero-order valence-corrected chi connectivity index (χ0v) is 9.24. The number of hydrogen-bond donors (Lipinski definition) is 0. The average molecular weight is 244 g/mol. The number of carbonyl (C=O) groups excluding carboxylic acids is 1. The van der Waals surface area contributed by atoms with E-state index in [1.807, 2.05) is 0 Å². The predicted molar refractivity (Wildman–Crippen MR) is 53.7 cm³/mol. The van der Waals surface area contributed by atoms with Crippen LogP contribution in [0.2, 0.25) is 13.7 Å². The van der Waals surface area contributed by atoms with Gasteiger partial charge in [-0.25, -0.2) is 0 Å². The Kier molecular flexibility index (Phi) is 3.41. The van der Waals surface area contributed by atoms with Crippen LogP contribution in [-0.4, -0.2) is 5.78 Å². The number of halogens is 3. The molecule has 0 aliphatic heterocycles. The van der Waals surface area contributed by atoms with E-state index in [1.54, 1.807) is 0 Å². The highest BCUT2D eigenvalue weighted by atomic mass is 35.5. The Labute approximate surface area is 89.2 Å². The fourth-order valence-corrected chi connectivity index (χ4v) is 2.69. The van der Waals surface area contributed by atoms with Crippen LogP contribution in [0.1, 0.15) is 12.5 Å². The van der Waals surface area contributed by atoms with Gasteiger partial charge in [0, 0.05) is 12.0 Å². The van der Waals surface area contributed by atoms with Crippen LogP contribution >= 0.6 is 46.1 Å². The summed E-state index contributed by atoms with van der Waals surface area (Å²) in [4.78, 5) is 10.8. The van der Waals surface area contributed by atoms with Crippen molar-refractivity contribution in [1.29, 1.82) is 0 Å². The molecule has 0 aromatic carbocycles. The standard InChI is InChI=1S/C7H5Cl3OS/c1-3(11)2-4-5(8)7(10)12-6(4)9/h2H2,1H3. The molecule has 0 N–H and O–H groups in total. The second-order valence-electron chi connectivity index (χ2n) is 2.32. The highest BCUT2D eigenvalue weighted by molar-refractivity contribution is 7.20. The van der Waals surface area contributed by atoms with E-state index in [9.17, 15) is 4.79 Å². The van der Waals surface area contributed by atoms with Crippen LogP contribution in [-0.2, 0) is 11.2 Å². The lowest BCUT2D eigenvalue weighted by Crippen LogP contribution is -1.95. The summed E-state index contributed by atoms with van der Waals surface area (Å²) >= 11 is 18.5. The van der Waals surface area contributed by atoms with Gasteiger partial charge >= 0.3 is 0 Å². The van der Waals surface area contributed by atoms with Gasteiger partial charge in [-0.2, -0.15) is 0 Å². The Morgan fingerprint density at radius 1 is 1.33 bits per heavy atom. The molecule has 1 rings (SSSR count). The number of ketones is 1. The number of carbonyl (C=O) groups is 1. The van der Waals surface area contributed by atoms with Gasteiger partial charge in [0.05, 0.1) is 9.36 Å². The molecule has 0 saturated heterocycles. The molecule has 0 atom stereocenters. The molecule has 0 spiro atoms. The topological polar surface area (TPSA) is 17.1 Å². The van der Waals surface area contributed by atoms with Crippen LogP contribution in [0.3, 0.4) is 0 Å². The smallest absolute Gasteiger partial charge is 0.134 e. The SMILES string of the molecule is CC(=O)Cc1c(Cl)sc(Cl)c1Cl. The van der Waals surface area contributed by atoms with Crippen molar-refractivity contribution in [1.82, 2.24) is 0 Å². The minimum Gasteiger partial charge on any atom is -0.300 e. The Balaban J connectivity index is 3.05. The number of hydrogen-bond acceptors (Lipinski definition) is 2. The zero-order chi connectivity index (χ0) is 9.30. The van der Waals surface area contributed by atoms with Crippen LogP contribution in [0.5, 0.6) is 0 Å². The van der Waals surface area contributed by atoms with Crippen molar-refractivity contribution >= 4 is 51.9 Å². The fraction of sp³-hybridized carbons (Fsp3) is 0.286. The molecule has 1 aromatic heterocycles. The van der Waals surface area contributed by atoms with Gasteiger partial charge in [-0.05, 0) is 6.92 Å². The molecule has 0 radical (unpaired) electrons. The first kappa shape index (κ1) is 10.3. The van der Waals surface area contributed by atoms with Crippen molar-refractivity contribution < 1.29 is 4.79 Å². The Hall–Kier alpha value is 0.240. The van der Waals surface area contributed by atoms with Gasteiger partial charge in [-0.1, -0.05) is 34.8 Å². The van der Waals surface area contributed by atoms with E-state index in [0.29, 0.717) is 19.3 Å². The van der Waals surface area contributed by atoms with Gasteiger partial charge in [0.15, 0.2) is 0 Å². The normalized spacial score (nSPS) is 10.3. The van der Waals surface area contributed by atoms with Crippen molar-refractivity contribution in [3.8, 4) is 0 Å². The molecule has 0 aliphatic rings. The molecule has 66 valence electrons. The van der Waals surface area contributed by atoms with Crippen LogP contribution in [0, 0.1) is 0 Å². The molecule has 0 bridgehead atoms. The van der Waals surface area contributed by atoms with E-state index >= 15 is 0 Å². The second kappa shape index (κ2) is 3.97. The lowest BCUT2D eigenvalue weighted by atomic mass is 10.2. The number of thiophene rings is 1. The Morgan fingerprint density at radius 3 is 2.25 bits per heavy atom. The second-order valence-corrected chi connectivity index (χ2v) is 4.92. The first-order valence-corrected chi connectivity index (χ1v) is 5.09. The monoisotopic (exact) mass is 242 g/mol. The minimum atomic E-state index is 0.0215. The molecular weight excluding hydrogens is 239 g/mol. The highest BCUT2D eigenvalue weighted by Gasteiger charge is 2.14. The molecule has 1 nitrogen and oxygen atoms in total.